The summed E-state index contributed by atoms with van der Waals surface area (Å²) >= 11 is 0. The van der Waals surface area contributed by atoms with Gasteiger partial charge in [0.1, 0.15) is 0 Å². The topological polar surface area (TPSA) is 9.23 Å². The summed E-state index contributed by atoms with van der Waals surface area (Å²) in [6, 6.07) is 9.54. The number of ether oxygens (including phenoxy) is 1. The molecule has 0 amide bonds. The quantitative estimate of drug-likeness (QED) is 0.273. The van der Waals surface area contributed by atoms with Crippen LogP contribution in [0.3, 0.4) is 0 Å². The van der Waals surface area contributed by atoms with Crippen LogP contribution in [-0.2, 0) is 0 Å². The van der Waals surface area contributed by atoms with Gasteiger partial charge in [-0.3, -0.25) is 0 Å². The summed E-state index contributed by atoms with van der Waals surface area (Å²) in [7, 11) is 0. The Morgan fingerprint density at radius 1 is 0.500 bits per heavy atom. The molecule has 214 valence electrons. The van der Waals surface area contributed by atoms with Crippen LogP contribution in [0.15, 0.2) is 36.4 Å². The Morgan fingerprint density at radius 3 is 1.23 bits per heavy atom. The number of rotatable bonds is 6. The van der Waals surface area contributed by atoms with Gasteiger partial charge in [-0.05, 0) is 123 Å². The van der Waals surface area contributed by atoms with Gasteiger partial charge in [0.15, 0.2) is 34.8 Å². The minimum atomic E-state index is -0.990. The summed E-state index contributed by atoms with van der Waals surface area (Å²) in [5.74, 6) is -6.06. The Morgan fingerprint density at radius 2 is 0.825 bits per heavy atom. The van der Waals surface area contributed by atoms with E-state index in [1.807, 2.05) is 0 Å². The molecule has 5 rings (SSSR count). The van der Waals surface area contributed by atoms with E-state index in [0.29, 0.717) is 73.6 Å². The van der Waals surface area contributed by atoms with E-state index in [9.17, 15) is 17.6 Å². The fraction of sp³-hybridized carbons (Fsp3) is 0.455. The van der Waals surface area contributed by atoms with E-state index in [4.69, 9.17) is 4.74 Å². The molecule has 2 fully saturated rings. The SMILES string of the molecule is CCOc1ccc(C2CCC(c3ccc(C4CCC(c5ccc(C)c(F)c5F)CC4)c(F)c3F)CC2)c(F)c1F. The summed E-state index contributed by atoms with van der Waals surface area (Å²) in [5, 5.41) is 0. The molecule has 0 heterocycles. The highest BCUT2D eigenvalue weighted by Gasteiger charge is 2.32. The Labute approximate surface area is 231 Å². The molecule has 0 saturated heterocycles. The minimum absolute atomic E-state index is 0.111. The number of halogens is 6. The molecular weight excluding hydrogens is 526 g/mol. The molecule has 7 heteroatoms. The van der Waals surface area contributed by atoms with Crippen LogP contribution in [0.1, 0.15) is 110 Å². The molecule has 0 spiro atoms. The zero-order valence-corrected chi connectivity index (χ0v) is 22.8. The van der Waals surface area contributed by atoms with Gasteiger partial charge in [0.25, 0.3) is 0 Å². The largest absolute Gasteiger partial charge is 0.491 e. The van der Waals surface area contributed by atoms with E-state index in [0.717, 1.165) is 0 Å². The van der Waals surface area contributed by atoms with Gasteiger partial charge in [-0.15, -0.1) is 0 Å². The molecule has 0 radical (unpaired) electrons. The zero-order valence-electron chi connectivity index (χ0n) is 22.8. The van der Waals surface area contributed by atoms with E-state index >= 15 is 8.78 Å². The molecule has 40 heavy (non-hydrogen) atoms. The van der Waals surface area contributed by atoms with Crippen LogP contribution in [0.2, 0.25) is 0 Å². The average Bonchev–Trinajstić information content (AvgIpc) is 2.96. The lowest BCUT2D eigenvalue weighted by atomic mass is 9.74. The van der Waals surface area contributed by atoms with E-state index < -0.39 is 34.9 Å². The molecule has 0 N–H and O–H groups in total. The van der Waals surface area contributed by atoms with Gasteiger partial charge in [-0.1, -0.05) is 30.3 Å². The fourth-order valence-electron chi connectivity index (χ4n) is 6.75. The third-order valence-electron chi connectivity index (χ3n) is 9.04. The molecule has 0 unspecified atom stereocenters. The molecule has 0 aromatic heterocycles. The summed E-state index contributed by atoms with van der Waals surface area (Å²) in [6.07, 6.45) is 4.42. The Kier molecular flexibility index (Phi) is 8.48. The van der Waals surface area contributed by atoms with Gasteiger partial charge in [-0.2, -0.15) is 4.39 Å². The van der Waals surface area contributed by atoms with Crippen molar-refractivity contribution in [3.05, 3.63) is 99.1 Å². The average molecular weight is 561 g/mol. The molecule has 2 aliphatic rings. The van der Waals surface area contributed by atoms with Gasteiger partial charge in [0.2, 0.25) is 5.82 Å². The van der Waals surface area contributed by atoms with Crippen LogP contribution in [-0.4, -0.2) is 6.61 Å². The van der Waals surface area contributed by atoms with Crippen molar-refractivity contribution in [2.45, 2.75) is 88.9 Å². The highest BCUT2D eigenvalue weighted by Crippen LogP contribution is 2.46. The van der Waals surface area contributed by atoms with Crippen LogP contribution in [0.25, 0.3) is 0 Å². The second-order valence-corrected chi connectivity index (χ2v) is 11.3. The van der Waals surface area contributed by atoms with Crippen LogP contribution < -0.4 is 4.74 Å². The number of aryl methyl sites for hydroxylation is 1. The highest BCUT2D eigenvalue weighted by atomic mass is 19.2. The monoisotopic (exact) mass is 560 g/mol. The molecule has 3 aromatic rings. The first-order valence-electron chi connectivity index (χ1n) is 14.2. The van der Waals surface area contributed by atoms with E-state index in [1.165, 1.54) is 13.0 Å². The third-order valence-corrected chi connectivity index (χ3v) is 9.04. The highest BCUT2D eigenvalue weighted by molar-refractivity contribution is 5.36. The van der Waals surface area contributed by atoms with Crippen LogP contribution in [0, 0.1) is 41.8 Å². The maximum Gasteiger partial charge on any atom is 0.200 e. The predicted octanol–water partition coefficient (Wildman–Crippen LogP) is 10.1. The van der Waals surface area contributed by atoms with Gasteiger partial charge in [-0.25, -0.2) is 22.0 Å². The Balaban J connectivity index is 1.24. The van der Waals surface area contributed by atoms with Crippen molar-refractivity contribution >= 4 is 0 Å². The summed E-state index contributed by atoms with van der Waals surface area (Å²) in [4.78, 5) is 0. The van der Waals surface area contributed by atoms with Crippen molar-refractivity contribution in [2.75, 3.05) is 6.61 Å². The molecule has 3 aromatic carbocycles. The van der Waals surface area contributed by atoms with Crippen molar-refractivity contribution in [1.29, 1.82) is 0 Å². The summed E-state index contributed by atoms with van der Waals surface area (Å²) in [5.41, 5.74) is 1.57. The first kappa shape index (κ1) is 28.6. The summed E-state index contributed by atoms with van der Waals surface area (Å²) < 4.78 is 93.4. The van der Waals surface area contributed by atoms with Gasteiger partial charge >= 0.3 is 0 Å². The lowest BCUT2D eigenvalue weighted by molar-refractivity contribution is 0.310. The Hall–Kier alpha value is -2.96. The van der Waals surface area contributed by atoms with Crippen molar-refractivity contribution in [1.82, 2.24) is 0 Å². The standard InChI is InChI=1S/C33H34F6O/c1-3-40-27-17-16-26(32(38)33(27)39)22-11-9-21(10-12-22)25-15-14-24(30(36)31(25)37)20-7-5-19(6-8-20)23-13-4-18(2)28(34)29(23)35/h4,13-17,19-22H,3,5-12H2,1-2H3. The number of hydrogen-bond donors (Lipinski definition) is 0. The van der Waals surface area contributed by atoms with Crippen LogP contribution in [0.4, 0.5) is 26.3 Å². The second-order valence-electron chi connectivity index (χ2n) is 11.3. The maximum atomic E-state index is 15.3. The maximum absolute atomic E-state index is 15.3. The normalized spacial score (nSPS) is 23.3. The van der Waals surface area contributed by atoms with Crippen molar-refractivity contribution in [3.8, 4) is 5.75 Å². The van der Waals surface area contributed by atoms with Crippen molar-refractivity contribution < 1.29 is 31.1 Å². The minimum Gasteiger partial charge on any atom is -0.491 e. The van der Waals surface area contributed by atoms with Crippen LogP contribution in [0.5, 0.6) is 5.75 Å². The number of benzene rings is 3. The molecule has 0 aliphatic heterocycles. The lowest BCUT2D eigenvalue weighted by Gasteiger charge is -2.31. The van der Waals surface area contributed by atoms with E-state index in [-0.39, 0.29) is 41.6 Å². The van der Waals surface area contributed by atoms with Crippen molar-refractivity contribution in [2.24, 2.45) is 0 Å². The molecule has 2 aliphatic carbocycles. The fourth-order valence-corrected chi connectivity index (χ4v) is 6.75. The van der Waals surface area contributed by atoms with E-state index in [2.05, 4.69) is 0 Å². The molecule has 1 nitrogen and oxygen atoms in total. The van der Waals surface area contributed by atoms with Crippen molar-refractivity contribution in [3.63, 3.8) is 0 Å². The number of hydrogen-bond acceptors (Lipinski definition) is 1. The summed E-state index contributed by atoms with van der Waals surface area (Å²) in [6.45, 7) is 3.45. The smallest absolute Gasteiger partial charge is 0.200 e. The van der Waals surface area contributed by atoms with E-state index in [1.54, 1.807) is 37.3 Å². The molecular formula is C33H34F6O. The second kappa shape index (κ2) is 11.9. The first-order chi connectivity index (χ1) is 19.2. The van der Waals surface area contributed by atoms with Gasteiger partial charge in [0.05, 0.1) is 6.61 Å². The Bertz CT molecular complexity index is 1370. The molecule has 0 bridgehead atoms. The first-order valence-corrected chi connectivity index (χ1v) is 14.2. The lowest BCUT2D eigenvalue weighted by Crippen LogP contribution is -2.17. The molecule has 0 atom stereocenters. The van der Waals surface area contributed by atoms with Crippen LogP contribution >= 0.6 is 0 Å². The predicted molar refractivity (Wildman–Crippen MR) is 143 cm³/mol. The van der Waals surface area contributed by atoms with Gasteiger partial charge < -0.3 is 4.74 Å². The van der Waals surface area contributed by atoms with Gasteiger partial charge in [0, 0.05) is 0 Å². The third kappa shape index (κ3) is 5.36. The molecule has 2 saturated carbocycles. The zero-order chi connectivity index (χ0) is 28.6.